The molecular formula is C12H16BIN2O4. The first-order valence-electron chi connectivity index (χ1n) is 6.18. The first-order chi connectivity index (χ1) is 9.18. The van der Waals surface area contributed by atoms with Crippen LogP contribution in [0.2, 0.25) is 0 Å². The van der Waals surface area contributed by atoms with E-state index in [1.165, 1.54) is 6.07 Å². The third-order valence-electron chi connectivity index (χ3n) is 3.85. The Labute approximate surface area is 132 Å². The fourth-order valence-corrected chi connectivity index (χ4v) is 2.36. The molecule has 2 rings (SSSR count). The number of benzene rings is 1. The summed E-state index contributed by atoms with van der Waals surface area (Å²) < 4.78 is 14.6. The lowest BCUT2D eigenvalue weighted by Gasteiger charge is -2.32. The Hall–Kier alpha value is -0.865. The van der Waals surface area contributed by atoms with Gasteiger partial charge in [0.15, 0.2) is 0 Å². The van der Waals surface area contributed by atoms with E-state index in [-0.39, 0.29) is 5.69 Å². The zero-order valence-corrected chi connectivity index (χ0v) is 13.9. The van der Waals surface area contributed by atoms with Gasteiger partial charge in [-0.2, -0.15) is 0 Å². The summed E-state index contributed by atoms with van der Waals surface area (Å²) in [6.07, 6.45) is 0. The number of halogens is 1. The van der Waals surface area contributed by atoms with Gasteiger partial charge >= 0.3 is 7.12 Å². The molecule has 0 aromatic heterocycles. The Kier molecular flexibility index (Phi) is 4.00. The van der Waals surface area contributed by atoms with Crippen LogP contribution in [0.3, 0.4) is 0 Å². The lowest BCUT2D eigenvalue weighted by Crippen LogP contribution is -2.41. The largest absolute Gasteiger partial charge is 0.495 e. The highest BCUT2D eigenvalue weighted by molar-refractivity contribution is 14.1. The summed E-state index contributed by atoms with van der Waals surface area (Å²) in [5.74, 6) is 0. The van der Waals surface area contributed by atoms with Gasteiger partial charge in [0.05, 0.1) is 39.0 Å². The second-order valence-electron chi connectivity index (χ2n) is 5.72. The molecule has 0 unspecified atom stereocenters. The van der Waals surface area contributed by atoms with Crippen molar-refractivity contribution in [2.45, 2.75) is 38.9 Å². The average Bonchev–Trinajstić information content (AvgIpc) is 2.57. The van der Waals surface area contributed by atoms with Crippen LogP contribution in [0.4, 0.5) is 11.4 Å². The molecule has 8 heteroatoms. The van der Waals surface area contributed by atoms with Crippen LogP contribution in [0.15, 0.2) is 18.2 Å². The third kappa shape index (κ3) is 2.64. The fraction of sp³-hybridized carbons (Fsp3) is 0.500. The van der Waals surface area contributed by atoms with E-state index in [1.54, 1.807) is 12.1 Å². The summed E-state index contributed by atoms with van der Waals surface area (Å²) in [7, 11) is -0.595. The van der Waals surface area contributed by atoms with Crippen molar-refractivity contribution in [1.29, 1.82) is 0 Å². The Balaban J connectivity index is 2.36. The molecular weight excluding hydrogens is 374 g/mol. The maximum absolute atomic E-state index is 11.1. The van der Waals surface area contributed by atoms with E-state index in [0.29, 0.717) is 11.2 Å². The molecule has 0 aliphatic carbocycles. The van der Waals surface area contributed by atoms with Crippen LogP contribution >= 0.6 is 22.9 Å². The van der Waals surface area contributed by atoms with Gasteiger partial charge in [-0.15, -0.1) is 0 Å². The van der Waals surface area contributed by atoms with E-state index >= 15 is 0 Å². The highest BCUT2D eigenvalue weighted by Crippen LogP contribution is 2.37. The van der Waals surface area contributed by atoms with Crippen molar-refractivity contribution in [2.24, 2.45) is 0 Å². The highest BCUT2D eigenvalue weighted by Gasteiger charge is 2.51. The molecule has 1 aliphatic rings. The number of nitro benzene ring substituents is 1. The van der Waals surface area contributed by atoms with Gasteiger partial charge in [-0.25, -0.2) is 0 Å². The molecule has 0 spiro atoms. The smallest absolute Gasteiger partial charge is 0.399 e. The van der Waals surface area contributed by atoms with Gasteiger partial charge in [-0.05, 0) is 39.2 Å². The van der Waals surface area contributed by atoms with Gasteiger partial charge in [-0.1, -0.05) is 6.07 Å². The molecule has 0 amide bonds. The summed E-state index contributed by atoms with van der Waals surface area (Å²) >= 11 is 1.87. The molecule has 0 radical (unpaired) electrons. The predicted octanol–water partition coefficient (Wildman–Crippen LogP) is 2.66. The molecule has 0 saturated carbocycles. The first-order valence-corrected chi connectivity index (χ1v) is 7.26. The minimum Gasteiger partial charge on any atom is -0.399 e. The van der Waals surface area contributed by atoms with E-state index in [0.717, 1.165) is 0 Å². The fourth-order valence-electron chi connectivity index (χ4n) is 1.91. The second-order valence-corrected chi connectivity index (χ2v) is 6.26. The Bertz CT molecular complexity index is 534. The van der Waals surface area contributed by atoms with Crippen molar-refractivity contribution in [3.8, 4) is 0 Å². The predicted molar refractivity (Wildman–Crippen MR) is 86.5 cm³/mol. The number of nitrogens with zero attached hydrogens (tertiary/aromatic N) is 1. The quantitative estimate of drug-likeness (QED) is 0.283. The molecule has 1 aromatic rings. The second kappa shape index (κ2) is 5.16. The van der Waals surface area contributed by atoms with Gasteiger partial charge in [0.1, 0.15) is 5.69 Å². The molecule has 0 bridgehead atoms. The molecule has 6 nitrogen and oxygen atoms in total. The summed E-state index contributed by atoms with van der Waals surface area (Å²) in [6.45, 7) is 7.79. The maximum atomic E-state index is 11.1. The van der Waals surface area contributed by atoms with Crippen LogP contribution in [0.5, 0.6) is 0 Å². The maximum Gasteiger partial charge on any atom is 0.495 e. The van der Waals surface area contributed by atoms with E-state index in [9.17, 15) is 10.1 Å². The van der Waals surface area contributed by atoms with Crippen LogP contribution in [0.25, 0.3) is 0 Å². The molecule has 1 heterocycles. The minimum atomic E-state index is -0.595. The average molecular weight is 390 g/mol. The topological polar surface area (TPSA) is 73.6 Å². The lowest BCUT2D eigenvalue weighted by molar-refractivity contribution is -0.383. The number of hydrogen-bond acceptors (Lipinski definition) is 5. The Morgan fingerprint density at radius 1 is 1.25 bits per heavy atom. The molecule has 20 heavy (non-hydrogen) atoms. The van der Waals surface area contributed by atoms with Crippen molar-refractivity contribution in [1.82, 2.24) is 0 Å². The number of nitro groups is 1. The van der Waals surface area contributed by atoms with Crippen LogP contribution in [0.1, 0.15) is 27.7 Å². The van der Waals surface area contributed by atoms with Gasteiger partial charge in [-0.3, -0.25) is 10.1 Å². The van der Waals surface area contributed by atoms with Crippen molar-refractivity contribution >= 4 is 46.8 Å². The summed E-state index contributed by atoms with van der Waals surface area (Å²) in [6, 6.07) is 4.92. The SMILES string of the molecule is CC1(C)OB(c2ccc(NI)c([N+](=O)[O-])c2)OC1(C)C. The van der Waals surface area contributed by atoms with Gasteiger partial charge < -0.3 is 12.8 Å². The van der Waals surface area contributed by atoms with Crippen molar-refractivity contribution in [3.63, 3.8) is 0 Å². The normalized spacial score (nSPS) is 19.9. The summed E-state index contributed by atoms with van der Waals surface area (Å²) in [4.78, 5) is 10.7. The van der Waals surface area contributed by atoms with Crippen LogP contribution < -0.4 is 8.99 Å². The molecule has 0 atom stereocenters. The standard InChI is InChI=1S/C12H16BIN2O4/c1-11(2)12(3,4)20-13(19-11)8-5-6-9(15-14)10(7-8)16(17)18/h5-7,15H,1-4H3. The van der Waals surface area contributed by atoms with Gasteiger partial charge in [0, 0.05) is 6.07 Å². The summed E-state index contributed by atoms with van der Waals surface area (Å²) in [5.41, 5.74) is 0.174. The Morgan fingerprint density at radius 2 is 1.80 bits per heavy atom. The third-order valence-corrected chi connectivity index (χ3v) is 4.43. The van der Waals surface area contributed by atoms with Gasteiger partial charge in [0.2, 0.25) is 0 Å². The van der Waals surface area contributed by atoms with Crippen LogP contribution in [-0.2, 0) is 9.31 Å². The monoisotopic (exact) mass is 390 g/mol. The molecule has 1 aromatic carbocycles. The Morgan fingerprint density at radius 3 is 2.25 bits per heavy atom. The highest BCUT2D eigenvalue weighted by atomic mass is 127. The molecule has 1 saturated heterocycles. The van der Waals surface area contributed by atoms with E-state index in [4.69, 9.17) is 9.31 Å². The van der Waals surface area contributed by atoms with Crippen molar-refractivity contribution < 1.29 is 14.2 Å². The van der Waals surface area contributed by atoms with E-state index in [2.05, 4.69) is 3.53 Å². The van der Waals surface area contributed by atoms with Crippen molar-refractivity contribution in [2.75, 3.05) is 3.53 Å². The molecule has 1 fully saturated rings. The molecule has 1 aliphatic heterocycles. The zero-order chi connectivity index (χ0) is 15.1. The van der Waals surface area contributed by atoms with Crippen LogP contribution in [-0.4, -0.2) is 23.2 Å². The number of anilines is 1. The first kappa shape index (κ1) is 15.5. The number of hydrogen-bond donors (Lipinski definition) is 1. The van der Waals surface area contributed by atoms with E-state index < -0.39 is 23.2 Å². The molecule has 1 N–H and O–H groups in total. The molecule has 108 valence electrons. The minimum absolute atomic E-state index is 0.00612. The summed E-state index contributed by atoms with van der Waals surface area (Å²) in [5, 5.41) is 11.1. The van der Waals surface area contributed by atoms with Gasteiger partial charge in [0.25, 0.3) is 5.69 Å². The van der Waals surface area contributed by atoms with Crippen LogP contribution in [0, 0.1) is 10.1 Å². The van der Waals surface area contributed by atoms with Crippen molar-refractivity contribution in [3.05, 3.63) is 28.3 Å². The number of rotatable bonds is 3. The zero-order valence-electron chi connectivity index (χ0n) is 11.8. The van der Waals surface area contributed by atoms with E-state index in [1.807, 2.05) is 50.6 Å². The number of nitrogens with one attached hydrogen (secondary N) is 1. The lowest BCUT2D eigenvalue weighted by atomic mass is 9.79.